The third kappa shape index (κ3) is 2.38. The summed E-state index contributed by atoms with van der Waals surface area (Å²) in [4.78, 5) is 18.8. The largest absolute Gasteiger partial charge is 0.334 e. The van der Waals surface area contributed by atoms with Gasteiger partial charge in [-0.2, -0.15) is 5.10 Å². The number of carbonyl (C=O) groups is 1. The molecule has 1 atom stereocenters. The van der Waals surface area contributed by atoms with Gasteiger partial charge in [0.05, 0.1) is 23.5 Å². The molecule has 3 heterocycles. The van der Waals surface area contributed by atoms with Crippen molar-refractivity contribution in [1.29, 1.82) is 0 Å². The predicted octanol–water partition coefficient (Wildman–Crippen LogP) is 2.35. The Bertz CT molecular complexity index is 612. The van der Waals surface area contributed by atoms with E-state index in [1.165, 1.54) is 0 Å². The van der Waals surface area contributed by atoms with Crippen LogP contribution >= 0.6 is 11.6 Å². The summed E-state index contributed by atoms with van der Waals surface area (Å²) in [6, 6.07) is 0.123. The molecule has 2 aromatic heterocycles. The summed E-state index contributed by atoms with van der Waals surface area (Å²) in [5.41, 5.74) is 1.35. The third-order valence-electron chi connectivity index (χ3n) is 3.87. The van der Waals surface area contributed by atoms with Gasteiger partial charge in [0.1, 0.15) is 0 Å². The molecule has 1 aliphatic heterocycles. The van der Waals surface area contributed by atoms with Gasteiger partial charge < -0.3 is 4.90 Å². The molecule has 1 saturated heterocycles. The van der Waals surface area contributed by atoms with Crippen molar-refractivity contribution in [2.75, 3.05) is 12.4 Å². The first-order valence-corrected chi connectivity index (χ1v) is 7.49. The Labute approximate surface area is 122 Å². The van der Waals surface area contributed by atoms with Crippen molar-refractivity contribution in [1.82, 2.24) is 19.5 Å². The Balaban J connectivity index is 1.94. The molecule has 6 heteroatoms. The summed E-state index contributed by atoms with van der Waals surface area (Å²) in [6.45, 7) is 0.772. The van der Waals surface area contributed by atoms with E-state index in [0.717, 1.165) is 37.7 Å². The summed E-state index contributed by atoms with van der Waals surface area (Å²) in [5, 5.41) is 4.21. The normalized spacial score (nSPS) is 20.1. The number of likely N-dealkylation sites (tertiary alicyclic amines) is 1. The van der Waals surface area contributed by atoms with Crippen molar-refractivity contribution >= 4 is 23.0 Å². The molecule has 1 unspecified atom stereocenters. The number of rotatable bonds is 2. The molecule has 1 amide bonds. The Morgan fingerprint density at radius 2 is 2.25 bits per heavy atom. The van der Waals surface area contributed by atoms with Gasteiger partial charge in [0.15, 0.2) is 0 Å². The Morgan fingerprint density at radius 3 is 3.10 bits per heavy atom. The Kier molecular flexibility index (Phi) is 3.87. The third-order valence-corrected chi connectivity index (χ3v) is 4.23. The zero-order valence-electron chi connectivity index (χ0n) is 11.2. The van der Waals surface area contributed by atoms with Gasteiger partial charge in [-0.05, 0) is 12.8 Å². The highest BCUT2D eigenvalue weighted by Crippen LogP contribution is 2.21. The van der Waals surface area contributed by atoms with E-state index in [2.05, 4.69) is 10.1 Å². The van der Waals surface area contributed by atoms with Crippen LogP contribution in [0.5, 0.6) is 0 Å². The van der Waals surface area contributed by atoms with Crippen molar-refractivity contribution < 1.29 is 4.79 Å². The topological polar surface area (TPSA) is 50.5 Å². The molecule has 0 spiro atoms. The first-order chi connectivity index (χ1) is 9.81. The quantitative estimate of drug-likeness (QED) is 0.799. The molecule has 1 aliphatic rings. The van der Waals surface area contributed by atoms with Crippen LogP contribution < -0.4 is 0 Å². The van der Waals surface area contributed by atoms with Crippen LogP contribution in [0.15, 0.2) is 24.8 Å². The minimum Gasteiger partial charge on any atom is -0.334 e. The summed E-state index contributed by atoms with van der Waals surface area (Å²) in [7, 11) is 0. The average molecular weight is 293 g/mol. The molecule has 0 aromatic carbocycles. The number of amides is 1. The van der Waals surface area contributed by atoms with E-state index >= 15 is 0 Å². The lowest BCUT2D eigenvalue weighted by Gasteiger charge is -2.28. The highest BCUT2D eigenvalue weighted by atomic mass is 35.5. The second-order valence-corrected chi connectivity index (χ2v) is 5.43. The van der Waals surface area contributed by atoms with Crippen molar-refractivity contribution in [2.24, 2.45) is 0 Å². The van der Waals surface area contributed by atoms with Crippen molar-refractivity contribution in [2.45, 2.75) is 31.7 Å². The maximum atomic E-state index is 12.8. The summed E-state index contributed by atoms with van der Waals surface area (Å²) in [5.74, 6) is 0.504. The van der Waals surface area contributed by atoms with Crippen LogP contribution in [0.1, 0.15) is 36.0 Å². The van der Waals surface area contributed by atoms with Gasteiger partial charge in [-0.15, -0.1) is 11.6 Å². The maximum Gasteiger partial charge on any atom is 0.258 e. The van der Waals surface area contributed by atoms with Crippen LogP contribution in [-0.4, -0.2) is 43.9 Å². The van der Waals surface area contributed by atoms with E-state index < -0.39 is 0 Å². The zero-order chi connectivity index (χ0) is 13.9. The lowest BCUT2D eigenvalue weighted by atomic mass is 10.1. The minimum atomic E-state index is 0.0144. The number of carbonyl (C=O) groups excluding carboxylic acids is 1. The van der Waals surface area contributed by atoms with E-state index in [9.17, 15) is 4.79 Å². The number of hydrogen-bond acceptors (Lipinski definition) is 3. The molecule has 0 saturated carbocycles. The molecule has 1 fully saturated rings. The van der Waals surface area contributed by atoms with Gasteiger partial charge in [-0.3, -0.25) is 9.78 Å². The van der Waals surface area contributed by atoms with Gasteiger partial charge in [0, 0.05) is 30.9 Å². The van der Waals surface area contributed by atoms with Crippen LogP contribution in [0.3, 0.4) is 0 Å². The monoisotopic (exact) mass is 292 g/mol. The SMILES string of the molecule is O=C(c1cnn2ccncc12)N1CCCCCC1CCl. The van der Waals surface area contributed by atoms with Gasteiger partial charge in [0.2, 0.25) is 0 Å². The number of aromatic nitrogens is 3. The predicted molar refractivity (Wildman–Crippen MR) is 77.0 cm³/mol. The van der Waals surface area contributed by atoms with Crippen LogP contribution in [0.2, 0.25) is 0 Å². The second kappa shape index (κ2) is 5.79. The number of hydrogen-bond donors (Lipinski definition) is 0. The highest BCUT2D eigenvalue weighted by Gasteiger charge is 2.27. The molecule has 5 nitrogen and oxygen atoms in total. The molecular weight excluding hydrogens is 276 g/mol. The molecule has 3 rings (SSSR count). The number of fused-ring (bicyclic) bond motifs is 1. The standard InChI is InChI=1S/C14H17ClN4O/c15-8-11-4-2-1-3-6-18(11)14(20)12-9-17-19-7-5-16-10-13(12)19/h5,7,9-11H,1-4,6,8H2. The first-order valence-electron chi connectivity index (χ1n) is 6.95. The molecule has 2 aromatic rings. The summed E-state index contributed by atoms with van der Waals surface area (Å²) >= 11 is 6.04. The van der Waals surface area contributed by atoms with E-state index in [4.69, 9.17) is 11.6 Å². The van der Waals surface area contributed by atoms with Gasteiger partial charge in [-0.25, -0.2) is 4.52 Å². The minimum absolute atomic E-state index is 0.0144. The van der Waals surface area contributed by atoms with E-state index in [0.29, 0.717) is 11.4 Å². The van der Waals surface area contributed by atoms with Crippen molar-refractivity contribution in [3.63, 3.8) is 0 Å². The van der Waals surface area contributed by atoms with Crippen molar-refractivity contribution in [3.05, 3.63) is 30.4 Å². The van der Waals surface area contributed by atoms with Crippen LogP contribution in [0, 0.1) is 0 Å². The van der Waals surface area contributed by atoms with E-state index in [1.807, 2.05) is 4.90 Å². The fourth-order valence-corrected chi connectivity index (χ4v) is 3.08. The molecule has 0 radical (unpaired) electrons. The fraction of sp³-hybridized carbons (Fsp3) is 0.500. The molecule has 20 heavy (non-hydrogen) atoms. The fourth-order valence-electron chi connectivity index (χ4n) is 2.76. The second-order valence-electron chi connectivity index (χ2n) is 5.12. The van der Waals surface area contributed by atoms with E-state index in [1.54, 1.807) is 29.3 Å². The Morgan fingerprint density at radius 1 is 1.35 bits per heavy atom. The number of halogens is 1. The zero-order valence-corrected chi connectivity index (χ0v) is 12.0. The molecular formula is C14H17ClN4O. The molecule has 0 N–H and O–H groups in total. The Hall–Kier alpha value is -1.62. The van der Waals surface area contributed by atoms with Crippen LogP contribution in [0.4, 0.5) is 0 Å². The summed E-state index contributed by atoms with van der Waals surface area (Å²) < 4.78 is 1.67. The van der Waals surface area contributed by atoms with Gasteiger partial charge in [0.25, 0.3) is 5.91 Å². The van der Waals surface area contributed by atoms with Crippen LogP contribution in [-0.2, 0) is 0 Å². The lowest BCUT2D eigenvalue weighted by molar-refractivity contribution is 0.0702. The van der Waals surface area contributed by atoms with Crippen LogP contribution in [0.25, 0.3) is 5.52 Å². The number of alkyl halides is 1. The first kappa shape index (κ1) is 13.4. The van der Waals surface area contributed by atoms with Crippen molar-refractivity contribution in [3.8, 4) is 0 Å². The van der Waals surface area contributed by atoms with Gasteiger partial charge >= 0.3 is 0 Å². The number of nitrogens with zero attached hydrogens (tertiary/aromatic N) is 4. The molecule has 0 aliphatic carbocycles. The summed E-state index contributed by atoms with van der Waals surface area (Å²) in [6.07, 6.45) is 11.0. The highest BCUT2D eigenvalue weighted by molar-refractivity contribution is 6.18. The lowest BCUT2D eigenvalue weighted by Crippen LogP contribution is -2.41. The van der Waals surface area contributed by atoms with Gasteiger partial charge in [-0.1, -0.05) is 12.8 Å². The molecule has 106 valence electrons. The molecule has 0 bridgehead atoms. The van der Waals surface area contributed by atoms with E-state index in [-0.39, 0.29) is 11.9 Å². The maximum absolute atomic E-state index is 12.8. The average Bonchev–Trinajstić information content (AvgIpc) is 2.76. The smallest absolute Gasteiger partial charge is 0.258 e.